The first kappa shape index (κ1) is 10.8. The summed E-state index contributed by atoms with van der Waals surface area (Å²) in [5, 5.41) is 0. The number of hydrogen-bond donors (Lipinski definition) is 0. The van der Waals surface area contributed by atoms with Crippen molar-refractivity contribution < 1.29 is 17.6 Å². The van der Waals surface area contributed by atoms with Crippen molar-refractivity contribution in [2.45, 2.75) is 13.1 Å². The second-order valence-electron chi connectivity index (χ2n) is 2.74. The molecule has 0 saturated carbocycles. The minimum atomic E-state index is -4.64. The Bertz CT molecular complexity index is 350. The van der Waals surface area contributed by atoms with Crippen LogP contribution in [0.4, 0.5) is 17.6 Å². The van der Waals surface area contributed by atoms with Crippen LogP contribution in [0.5, 0.6) is 0 Å². The van der Waals surface area contributed by atoms with E-state index in [0.717, 1.165) is 12.1 Å². The first-order valence-electron chi connectivity index (χ1n) is 3.94. The molecule has 0 spiro atoms. The van der Waals surface area contributed by atoms with Gasteiger partial charge in [0.25, 0.3) is 0 Å². The van der Waals surface area contributed by atoms with Gasteiger partial charge in [0.05, 0.1) is 5.56 Å². The van der Waals surface area contributed by atoms with Crippen LogP contribution in [0, 0.1) is 5.82 Å². The van der Waals surface area contributed by atoms with Gasteiger partial charge in [-0.05, 0) is 24.6 Å². The number of allylic oxidation sites excluding steroid dienone is 1. The lowest BCUT2D eigenvalue weighted by Gasteiger charge is -2.08. The summed E-state index contributed by atoms with van der Waals surface area (Å²) in [4.78, 5) is 0. The van der Waals surface area contributed by atoms with Crippen molar-refractivity contribution in [1.82, 2.24) is 0 Å². The van der Waals surface area contributed by atoms with Gasteiger partial charge in [0, 0.05) is 0 Å². The zero-order chi connectivity index (χ0) is 10.8. The van der Waals surface area contributed by atoms with Gasteiger partial charge >= 0.3 is 6.18 Å². The molecule has 0 amide bonds. The normalized spacial score (nSPS) is 12.4. The fourth-order valence-corrected chi connectivity index (χ4v) is 1.06. The van der Waals surface area contributed by atoms with Crippen LogP contribution in [0.2, 0.25) is 0 Å². The maximum atomic E-state index is 12.8. The summed E-state index contributed by atoms with van der Waals surface area (Å²) in [7, 11) is 0. The molecule has 0 aliphatic carbocycles. The molecule has 0 nitrogen and oxygen atoms in total. The monoisotopic (exact) mass is 204 g/mol. The first-order valence-corrected chi connectivity index (χ1v) is 3.94. The number of hydrogen-bond acceptors (Lipinski definition) is 0. The molecular formula is C10H8F4. The Hall–Kier alpha value is -1.32. The van der Waals surface area contributed by atoms with E-state index >= 15 is 0 Å². The smallest absolute Gasteiger partial charge is 0.206 e. The Morgan fingerprint density at radius 1 is 1.21 bits per heavy atom. The van der Waals surface area contributed by atoms with Crippen molar-refractivity contribution in [2.24, 2.45) is 0 Å². The second-order valence-corrected chi connectivity index (χ2v) is 2.74. The van der Waals surface area contributed by atoms with Gasteiger partial charge in [0.2, 0.25) is 0 Å². The second kappa shape index (κ2) is 3.82. The molecule has 0 fully saturated rings. The molecule has 0 aliphatic heterocycles. The molecule has 14 heavy (non-hydrogen) atoms. The molecule has 1 rings (SSSR count). The molecule has 0 aromatic heterocycles. The highest BCUT2D eigenvalue weighted by Gasteiger charge is 2.33. The fourth-order valence-electron chi connectivity index (χ4n) is 1.06. The highest BCUT2D eigenvalue weighted by atomic mass is 19.4. The van der Waals surface area contributed by atoms with Crippen LogP contribution in [0.25, 0.3) is 6.08 Å². The summed E-state index contributed by atoms with van der Waals surface area (Å²) in [5.74, 6) is -1.24. The fraction of sp³-hybridized carbons (Fsp3) is 0.200. The Balaban J connectivity index is 3.22. The van der Waals surface area contributed by atoms with Gasteiger partial charge in [-0.15, -0.1) is 0 Å². The van der Waals surface area contributed by atoms with E-state index in [0.29, 0.717) is 5.56 Å². The molecule has 0 N–H and O–H groups in total. The van der Waals surface area contributed by atoms with Crippen molar-refractivity contribution >= 4 is 6.08 Å². The third-order valence-electron chi connectivity index (χ3n) is 1.65. The van der Waals surface area contributed by atoms with Gasteiger partial charge in [-0.3, -0.25) is 0 Å². The minimum Gasteiger partial charge on any atom is -0.206 e. The van der Waals surface area contributed by atoms with Crippen LogP contribution < -0.4 is 0 Å². The molecule has 1 aromatic carbocycles. The van der Waals surface area contributed by atoms with Crippen LogP contribution in [-0.2, 0) is 6.18 Å². The van der Waals surface area contributed by atoms with Crippen LogP contribution >= 0.6 is 0 Å². The van der Waals surface area contributed by atoms with Gasteiger partial charge < -0.3 is 0 Å². The lowest BCUT2D eigenvalue weighted by Crippen LogP contribution is -2.08. The average Bonchev–Trinajstić information content (AvgIpc) is 2.07. The zero-order valence-electron chi connectivity index (χ0n) is 7.40. The van der Waals surface area contributed by atoms with Crippen LogP contribution in [0.3, 0.4) is 0 Å². The van der Waals surface area contributed by atoms with Gasteiger partial charge in [-0.2, -0.15) is 13.2 Å². The summed E-state index contributed by atoms with van der Waals surface area (Å²) in [6.45, 7) is 1.68. The third kappa shape index (κ3) is 2.34. The van der Waals surface area contributed by atoms with Gasteiger partial charge in [-0.1, -0.05) is 18.2 Å². The molecular weight excluding hydrogens is 196 g/mol. The molecule has 0 radical (unpaired) electrons. The van der Waals surface area contributed by atoms with Crippen LogP contribution in [0.1, 0.15) is 18.1 Å². The average molecular weight is 204 g/mol. The predicted molar refractivity (Wildman–Crippen MR) is 46.1 cm³/mol. The molecule has 0 unspecified atom stereocenters. The molecule has 1 aromatic rings. The van der Waals surface area contributed by atoms with Crippen molar-refractivity contribution in [3.8, 4) is 0 Å². The standard InChI is InChI=1S/C10H8F4/c1-2-3-7-4-5-9(11)8(6-7)10(12,13)14/h2-6H,1H3/b3-2+. The molecule has 0 aliphatic rings. The van der Waals surface area contributed by atoms with E-state index in [1.165, 1.54) is 12.1 Å². The van der Waals surface area contributed by atoms with Crippen LogP contribution in [-0.4, -0.2) is 0 Å². The molecule has 0 bridgehead atoms. The van der Waals surface area contributed by atoms with E-state index in [4.69, 9.17) is 0 Å². The number of alkyl halides is 3. The zero-order valence-corrected chi connectivity index (χ0v) is 7.40. The van der Waals surface area contributed by atoms with E-state index in [-0.39, 0.29) is 0 Å². The van der Waals surface area contributed by atoms with E-state index in [9.17, 15) is 17.6 Å². The topological polar surface area (TPSA) is 0 Å². The maximum Gasteiger partial charge on any atom is 0.419 e. The highest BCUT2D eigenvalue weighted by molar-refractivity contribution is 5.50. The Kier molecular flexibility index (Phi) is 2.93. The Morgan fingerprint density at radius 3 is 2.36 bits per heavy atom. The van der Waals surface area contributed by atoms with Gasteiger partial charge in [0.15, 0.2) is 0 Å². The lowest BCUT2D eigenvalue weighted by atomic mass is 10.1. The first-order chi connectivity index (χ1) is 6.45. The molecule has 0 atom stereocenters. The molecule has 0 saturated heterocycles. The number of benzene rings is 1. The van der Waals surface area contributed by atoms with Crippen LogP contribution in [0.15, 0.2) is 24.3 Å². The van der Waals surface area contributed by atoms with Gasteiger partial charge in [0.1, 0.15) is 5.82 Å². The summed E-state index contributed by atoms with van der Waals surface area (Å²) in [5.41, 5.74) is -0.894. The predicted octanol–water partition coefficient (Wildman–Crippen LogP) is 3.88. The highest BCUT2D eigenvalue weighted by Crippen LogP contribution is 2.32. The van der Waals surface area contributed by atoms with Crippen molar-refractivity contribution in [2.75, 3.05) is 0 Å². The van der Waals surface area contributed by atoms with E-state index < -0.39 is 17.6 Å². The maximum absolute atomic E-state index is 12.8. The quantitative estimate of drug-likeness (QED) is 0.609. The molecule has 0 heterocycles. The van der Waals surface area contributed by atoms with Gasteiger partial charge in [-0.25, -0.2) is 4.39 Å². The van der Waals surface area contributed by atoms with E-state index in [1.807, 2.05) is 0 Å². The Morgan fingerprint density at radius 2 is 1.86 bits per heavy atom. The van der Waals surface area contributed by atoms with Crippen molar-refractivity contribution in [3.05, 3.63) is 41.2 Å². The summed E-state index contributed by atoms with van der Waals surface area (Å²) in [6.07, 6.45) is -1.57. The summed E-state index contributed by atoms with van der Waals surface area (Å²) in [6, 6.07) is 2.90. The SMILES string of the molecule is C/C=C/c1ccc(F)c(C(F)(F)F)c1. The largest absolute Gasteiger partial charge is 0.419 e. The summed E-state index contributed by atoms with van der Waals surface area (Å²) < 4.78 is 49.4. The lowest BCUT2D eigenvalue weighted by molar-refractivity contribution is -0.140. The van der Waals surface area contributed by atoms with E-state index in [2.05, 4.69) is 0 Å². The third-order valence-corrected chi connectivity index (χ3v) is 1.65. The van der Waals surface area contributed by atoms with Crippen molar-refractivity contribution in [1.29, 1.82) is 0 Å². The molecule has 76 valence electrons. The minimum absolute atomic E-state index is 0.334. The molecule has 4 heteroatoms. The van der Waals surface area contributed by atoms with E-state index in [1.54, 1.807) is 13.0 Å². The summed E-state index contributed by atoms with van der Waals surface area (Å²) >= 11 is 0. The Labute approximate surface area is 78.9 Å². The van der Waals surface area contributed by atoms with Crippen molar-refractivity contribution in [3.63, 3.8) is 0 Å². The number of halogens is 4. The number of rotatable bonds is 1.